The lowest BCUT2D eigenvalue weighted by atomic mass is 9.93. The Labute approximate surface area is 191 Å². The molecule has 186 valence electrons. The van der Waals surface area contributed by atoms with Crippen LogP contribution >= 0.6 is 0 Å². The van der Waals surface area contributed by atoms with Crippen LogP contribution in [0.5, 0.6) is 0 Å². The number of H-pyrrole nitrogens is 1. The normalized spacial score (nSPS) is 23.3. The van der Waals surface area contributed by atoms with E-state index < -0.39 is 60.1 Å². The van der Waals surface area contributed by atoms with Crippen LogP contribution in [0, 0.1) is 5.92 Å². The minimum Gasteiger partial charge on any atom is -0.466 e. The molecule has 34 heavy (non-hydrogen) atoms. The van der Waals surface area contributed by atoms with Crippen molar-refractivity contribution in [3.63, 3.8) is 0 Å². The standard InChI is InChI=1S/C18H23N5O11/c1-4-29-14(25)11-12(33-17(28)31-6-3)13(23-8-7-10(24)20-15(23)26)34-18(11,21-22-19)9-32-16(27)30-5-2/h7-8,11-13H,4-6,9H2,1-3H3,(H,20,24,26)/t11-,12-,13-,18+/m1/s1. The molecule has 0 bridgehead atoms. The van der Waals surface area contributed by atoms with Crippen LogP contribution in [0.4, 0.5) is 9.59 Å². The van der Waals surface area contributed by atoms with E-state index in [1.165, 1.54) is 20.8 Å². The third-order valence-corrected chi connectivity index (χ3v) is 4.45. The second-order valence-electron chi connectivity index (χ2n) is 6.53. The van der Waals surface area contributed by atoms with Gasteiger partial charge in [0.05, 0.1) is 19.8 Å². The molecule has 0 aliphatic carbocycles. The van der Waals surface area contributed by atoms with Crippen molar-refractivity contribution in [1.29, 1.82) is 0 Å². The van der Waals surface area contributed by atoms with Crippen LogP contribution in [0.1, 0.15) is 27.0 Å². The monoisotopic (exact) mass is 485 g/mol. The van der Waals surface area contributed by atoms with Crippen LogP contribution in [0.25, 0.3) is 10.4 Å². The topological polar surface area (TPSA) is 210 Å². The Morgan fingerprint density at radius 2 is 1.76 bits per heavy atom. The van der Waals surface area contributed by atoms with Gasteiger partial charge in [-0.05, 0) is 26.3 Å². The number of aromatic amines is 1. The fraction of sp³-hybridized carbons (Fsp3) is 0.611. The van der Waals surface area contributed by atoms with E-state index >= 15 is 0 Å². The van der Waals surface area contributed by atoms with Crippen LogP contribution in [0.15, 0.2) is 27.0 Å². The smallest absolute Gasteiger partial charge is 0.466 e. The molecule has 0 amide bonds. The van der Waals surface area contributed by atoms with Gasteiger partial charge in [0.2, 0.25) is 5.72 Å². The Morgan fingerprint density at radius 3 is 2.35 bits per heavy atom. The predicted octanol–water partition coefficient (Wildman–Crippen LogP) is 0.966. The first-order chi connectivity index (χ1) is 16.2. The quantitative estimate of drug-likeness (QED) is 0.171. The lowest BCUT2D eigenvalue weighted by Gasteiger charge is -2.28. The zero-order valence-electron chi connectivity index (χ0n) is 18.5. The largest absolute Gasteiger partial charge is 0.508 e. The maximum atomic E-state index is 12.9. The fourth-order valence-corrected chi connectivity index (χ4v) is 3.19. The van der Waals surface area contributed by atoms with E-state index in [4.69, 9.17) is 23.7 Å². The number of nitrogens with zero attached hydrogens (tertiary/aromatic N) is 4. The summed E-state index contributed by atoms with van der Waals surface area (Å²) in [4.78, 5) is 65.5. The number of rotatable bonds is 9. The number of carbonyl (C=O) groups is 3. The zero-order chi connectivity index (χ0) is 25.3. The number of nitrogens with one attached hydrogen (secondary N) is 1. The average Bonchev–Trinajstić information content (AvgIpc) is 3.07. The van der Waals surface area contributed by atoms with Crippen LogP contribution in [0.3, 0.4) is 0 Å². The highest BCUT2D eigenvalue weighted by Gasteiger charge is 2.63. The van der Waals surface area contributed by atoms with Crippen molar-refractivity contribution in [2.75, 3.05) is 26.4 Å². The van der Waals surface area contributed by atoms with Crippen molar-refractivity contribution in [1.82, 2.24) is 9.55 Å². The third kappa shape index (κ3) is 5.85. The maximum Gasteiger partial charge on any atom is 0.508 e. The molecule has 1 aromatic rings. The molecule has 0 spiro atoms. The zero-order valence-corrected chi connectivity index (χ0v) is 18.5. The second-order valence-corrected chi connectivity index (χ2v) is 6.53. The van der Waals surface area contributed by atoms with Gasteiger partial charge in [-0.2, -0.15) is 0 Å². The van der Waals surface area contributed by atoms with Gasteiger partial charge in [0.25, 0.3) is 5.56 Å². The highest BCUT2D eigenvalue weighted by atomic mass is 16.7. The molecule has 0 radical (unpaired) electrons. The number of aromatic nitrogens is 2. The molecule has 0 unspecified atom stereocenters. The van der Waals surface area contributed by atoms with E-state index in [9.17, 15) is 29.5 Å². The summed E-state index contributed by atoms with van der Waals surface area (Å²) in [7, 11) is 0. The summed E-state index contributed by atoms with van der Waals surface area (Å²) in [5, 5.41) is 3.50. The fourth-order valence-electron chi connectivity index (χ4n) is 3.19. The first-order valence-corrected chi connectivity index (χ1v) is 10.1. The predicted molar refractivity (Wildman–Crippen MR) is 108 cm³/mol. The molecular formula is C18H23N5O11. The molecule has 2 heterocycles. The lowest BCUT2D eigenvalue weighted by Crippen LogP contribution is -2.47. The molecule has 0 saturated carbocycles. The number of ether oxygens (including phenoxy) is 6. The molecule has 1 fully saturated rings. The Morgan fingerprint density at radius 1 is 1.12 bits per heavy atom. The van der Waals surface area contributed by atoms with Crippen molar-refractivity contribution in [2.24, 2.45) is 11.0 Å². The number of azide groups is 1. The number of carbonyl (C=O) groups excluding carboxylic acids is 3. The van der Waals surface area contributed by atoms with Crippen molar-refractivity contribution in [3.05, 3.63) is 43.5 Å². The van der Waals surface area contributed by atoms with Crippen LogP contribution in [-0.2, 0) is 33.2 Å². The van der Waals surface area contributed by atoms with E-state index in [0.717, 1.165) is 16.8 Å². The Kier molecular flexibility index (Phi) is 9.03. The SMILES string of the molecule is CCOC(=O)OC[C@]1(N=[N+]=[N-])O[C@@H](n2ccc(=O)[nH]c2=O)[C@H](OC(=O)OCC)[C@@H]1C(=O)OCC. The molecule has 1 aliphatic rings. The van der Waals surface area contributed by atoms with Gasteiger partial charge >= 0.3 is 24.0 Å². The third-order valence-electron chi connectivity index (χ3n) is 4.45. The Hall–Kier alpha value is -4.04. The summed E-state index contributed by atoms with van der Waals surface area (Å²) < 4.78 is 31.2. The highest BCUT2D eigenvalue weighted by molar-refractivity contribution is 5.76. The van der Waals surface area contributed by atoms with E-state index in [1.54, 1.807) is 0 Å². The molecule has 2 rings (SSSR count). The number of esters is 1. The Balaban J connectivity index is 2.65. The summed E-state index contributed by atoms with van der Waals surface area (Å²) in [6, 6.07) is 0.966. The summed E-state index contributed by atoms with van der Waals surface area (Å²) in [5.41, 5.74) is 5.11. The maximum absolute atomic E-state index is 12.9. The van der Waals surface area contributed by atoms with Gasteiger partial charge < -0.3 is 28.4 Å². The molecule has 1 aromatic heterocycles. The van der Waals surface area contributed by atoms with Crippen molar-refractivity contribution in [2.45, 2.75) is 38.8 Å². The van der Waals surface area contributed by atoms with E-state index in [0.29, 0.717) is 0 Å². The molecule has 1 N–H and O–H groups in total. The molecule has 1 aliphatic heterocycles. The van der Waals surface area contributed by atoms with Crippen molar-refractivity contribution < 1.29 is 42.8 Å². The summed E-state index contributed by atoms with van der Waals surface area (Å²) in [6.45, 7) is 3.36. The van der Waals surface area contributed by atoms with Crippen molar-refractivity contribution in [3.8, 4) is 0 Å². The molecule has 4 atom stereocenters. The second kappa shape index (κ2) is 11.7. The van der Waals surface area contributed by atoms with Crippen LogP contribution in [-0.4, -0.2) is 66.1 Å². The minimum atomic E-state index is -2.34. The molecule has 0 aromatic carbocycles. The van der Waals surface area contributed by atoms with Gasteiger partial charge in [-0.25, -0.2) is 14.4 Å². The number of hydrogen-bond donors (Lipinski definition) is 1. The first kappa shape index (κ1) is 26.2. The average molecular weight is 485 g/mol. The molecule has 16 heteroatoms. The van der Waals surface area contributed by atoms with Gasteiger partial charge in [0.15, 0.2) is 12.3 Å². The van der Waals surface area contributed by atoms with E-state index in [1.807, 2.05) is 4.98 Å². The van der Waals surface area contributed by atoms with Crippen molar-refractivity contribution >= 4 is 18.3 Å². The van der Waals surface area contributed by atoms with Gasteiger partial charge in [-0.15, -0.1) is 0 Å². The molecular weight excluding hydrogens is 462 g/mol. The lowest BCUT2D eigenvalue weighted by molar-refractivity contribution is -0.162. The summed E-state index contributed by atoms with van der Waals surface area (Å²) in [5.74, 6) is -2.79. The van der Waals surface area contributed by atoms with Gasteiger partial charge in [0.1, 0.15) is 12.5 Å². The first-order valence-electron chi connectivity index (χ1n) is 10.1. The van der Waals surface area contributed by atoms with E-state index in [-0.39, 0.29) is 19.8 Å². The molecule has 1 saturated heterocycles. The summed E-state index contributed by atoms with van der Waals surface area (Å²) >= 11 is 0. The highest BCUT2D eigenvalue weighted by Crippen LogP contribution is 2.45. The minimum absolute atomic E-state index is 0.0422. The van der Waals surface area contributed by atoms with Gasteiger partial charge in [-0.1, -0.05) is 5.11 Å². The van der Waals surface area contributed by atoms with Crippen LogP contribution in [0.2, 0.25) is 0 Å². The van der Waals surface area contributed by atoms with E-state index in [2.05, 4.69) is 14.8 Å². The summed E-state index contributed by atoms with van der Waals surface area (Å²) in [6.07, 6.45) is -4.73. The van der Waals surface area contributed by atoms with Gasteiger partial charge in [0, 0.05) is 17.2 Å². The van der Waals surface area contributed by atoms with Crippen LogP contribution < -0.4 is 11.2 Å². The Bertz CT molecular complexity index is 1060. The number of hydrogen-bond acceptors (Lipinski definition) is 12. The molecule has 16 nitrogen and oxygen atoms in total. The van der Waals surface area contributed by atoms with Gasteiger partial charge in [-0.3, -0.25) is 19.1 Å².